The summed E-state index contributed by atoms with van der Waals surface area (Å²) >= 11 is 0. The topological polar surface area (TPSA) is 72.4 Å². The molecule has 3 atom stereocenters. The Bertz CT molecular complexity index is 351. The number of nitrogens with two attached hydrogens (primary N) is 1. The predicted octanol–water partition coefficient (Wildman–Crippen LogP) is -0.584. The third kappa shape index (κ3) is 1.52. The highest BCUT2D eigenvalue weighted by Crippen LogP contribution is 2.39. The Hall–Kier alpha value is -1.36. The number of esters is 1. The number of rotatable bonds is 1. The summed E-state index contributed by atoms with van der Waals surface area (Å²) in [6.07, 6.45) is 2.26. The van der Waals surface area contributed by atoms with Gasteiger partial charge in [-0.2, -0.15) is 0 Å². The molecule has 0 aromatic rings. The summed E-state index contributed by atoms with van der Waals surface area (Å²) < 4.78 is 4.63. The summed E-state index contributed by atoms with van der Waals surface area (Å²) in [7, 11) is 1.34. The van der Waals surface area contributed by atoms with Crippen molar-refractivity contribution in [2.75, 3.05) is 7.11 Å². The third-order valence-electron chi connectivity index (χ3n) is 3.01. The van der Waals surface area contributed by atoms with E-state index < -0.39 is 0 Å². The molecule has 0 aromatic carbocycles. The van der Waals surface area contributed by atoms with Gasteiger partial charge in [-0.3, -0.25) is 4.79 Å². The van der Waals surface area contributed by atoms with E-state index in [1.165, 1.54) is 14.0 Å². The molecule has 5 heteroatoms. The van der Waals surface area contributed by atoms with Crippen molar-refractivity contribution in [2.45, 2.75) is 31.5 Å². The second-order valence-electron chi connectivity index (χ2n) is 3.95. The average molecular weight is 210 g/mol. The molecule has 1 saturated heterocycles. The largest absolute Gasteiger partial charge is 0.466 e. The minimum absolute atomic E-state index is 0.0139. The second-order valence-corrected chi connectivity index (χ2v) is 3.95. The first-order chi connectivity index (χ1) is 7.06. The van der Waals surface area contributed by atoms with Gasteiger partial charge in [0.25, 0.3) is 0 Å². The first-order valence-electron chi connectivity index (χ1n) is 4.89. The zero-order valence-corrected chi connectivity index (χ0v) is 8.77. The Kier molecular flexibility index (Phi) is 2.26. The van der Waals surface area contributed by atoms with Gasteiger partial charge in [0.15, 0.2) is 0 Å². The van der Waals surface area contributed by atoms with Crippen molar-refractivity contribution >= 4 is 11.9 Å². The molecule has 0 aromatic heterocycles. The SMILES string of the molecule is COC(=O)C1=C[C@H](N)[C@@H]2[C@H](C1)N2C(C)=O. The fraction of sp³-hybridized carbons (Fsp3) is 0.600. The van der Waals surface area contributed by atoms with Gasteiger partial charge in [0.05, 0.1) is 19.2 Å². The maximum atomic E-state index is 11.3. The summed E-state index contributed by atoms with van der Waals surface area (Å²) in [6.45, 7) is 1.52. The molecule has 82 valence electrons. The van der Waals surface area contributed by atoms with Gasteiger partial charge in [0, 0.05) is 25.0 Å². The molecule has 2 rings (SSSR count). The van der Waals surface area contributed by atoms with Crippen molar-refractivity contribution in [2.24, 2.45) is 5.73 Å². The van der Waals surface area contributed by atoms with E-state index in [-0.39, 0.29) is 30.0 Å². The summed E-state index contributed by atoms with van der Waals surface area (Å²) in [4.78, 5) is 24.2. The van der Waals surface area contributed by atoms with Crippen molar-refractivity contribution in [1.82, 2.24) is 4.90 Å². The van der Waals surface area contributed by atoms with E-state index in [4.69, 9.17) is 5.73 Å². The van der Waals surface area contributed by atoms with Gasteiger partial charge in [-0.15, -0.1) is 0 Å². The summed E-state index contributed by atoms with van der Waals surface area (Å²) in [5.74, 6) is -0.334. The Morgan fingerprint density at radius 3 is 2.80 bits per heavy atom. The van der Waals surface area contributed by atoms with Crippen LogP contribution in [0, 0.1) is 0 Å². The van der Waals surface area contributed by atoms with Crippen LogP contribution in [0.1, 0.15) is 13.3 Å². The van der Waals surface area contributed by atoms with Crippen molar-refractivity contribution in [1.29, 1.82) is 0 Å². The van der Waals surface area contributed by atoms with Gasteiger partial charge in [0.1, 0.15) is 0 Å². The zero-order chi connectivity index (χ0) is 11.2. The van der Waals surface area contributed by atoms with Gasteiger partial charge >= 0.3 is 5.97 Å². The lowest BCUT2D eigenvalue weighted by Gasteiger charge is -2.12. The van der Waals surface area contributed by atoms with Crippen LogP contribution < -0.4 is 5.73 Å². The van der Waals surface area contributed by atoms with Gasteiger partial charge in [-0.1, -0.05) is 6.08 Å². The summed E-state index contributed by atoms with van der Waals surface area (Å²) in [5, 5.41) is 0. The number of hydrogen-bond acceptors (Lipinski definition) is 4. The standard InChI is InChI=1S/C10H14N2O3/c1-5(13)12-8-4-6(10(14)15-2)3-7(11)9(8)12/h3,7-9H,4,11H2,1-2H3/t7-,8-,9+,12?/m0/s1. The highest BCUT2D eigenvalue weighted by molar-refractivity contribution is 5.90. The molecule has 1 aliphatic heterocycles. The highest BCUT2D eigenvalue weighted by Gasteiger charge is 2.54. The van der Waals surface area contributed by atoms with Gasteiger partial charge in [-0.25, -0.2) is 4.79 Å². The van der Waals surface area contributed by atoms with E-state index in [0.29, 0.717) is 12.0 Å². The Balaban J connectivity index is 2.12. The van der Waals surface area contributed by atoms with Crippen LogP contribution in [0.2, 0.25) is 0 Å². The number of hydrogen-bond donors (Lipinski definition) is 1. The summed E-state index contributed by atoms with van der Waals surface area (Å²) in [5.41, 5.74) is 6.43. The van der Waals surface area contributed by atoms with E-state index in [1.807, 2.05) is 0 Å². The molecule has 0 unspecified atom stereocenters. The number of methoxy groups -OCH3 is 1. The molecule has 0 radical (unpaired) electrons. The molecule has 2 aliphatic rings. The third-order valence-corrected chi connectivity index (χ3v) is 3.01. The van der Waals surface area contributed by atoms with Crippen LogP contribution in [-0.2, 0) is 14.3 Å². The van der Waals surface area contributed by atoms with E-state index in [9.17, 15) is 9.59 Å². The monoisotopic (exact) mass is 210 g/mol. The minimum Gasteiger partial charge on any atom is -0.466 e. The molecule has 2 N–H and O–H groups in total. The lowest BCUT2D eigenvalue weighted by molar-refractivity contribution is -0.136. The van der Waals surface area contributed by atoms with E-state index in [0.717, 1.165) is 0 Å². The van der Waals surface area contributed by atoms with E-state index in [1.54, 1.807) is 11.0 Å². The first kappa shape index (κ1) is 10.2. The second kappa shape index (κ2) is 3.34. The molecule has 0 saturated carbocycles. The smallest absolute Gasteiger partial charge is 0.333 e. The zero-order valence-electron chi connectivity index (χ0n) is 8.77. The first-order valence-corrected chi connectivity index (χ1v) is 4.89. The number of amides is 1. The van der Waals surface area contributed by atoms with E-state index in [2.05, 4.69) is 4.74 Å². The van der Waals surface area contributed by atoms with Crippen LogP contribution >= 0.6 is 0 Å². The highest BCUT2D eigenvalue weighted by atomic mass is 16.5. The minimum atomic E-state index is -0.348. The predicted molar refractivity (Wildman–Crippen MR) is 52.8 cm³/mol. The molecule has 5 nitrogen and oxygen atoms in total. The van der Waals surface area contributed by atoms with Crippen LogP contribution in [0.5, 0.6) is 0 Å². The Labute approximate surface area is 87.9 Å². The van der Waals surface area contributed by atoms with Crippen molar-refractivity contribution < 1.29 is 14.3 Å². The number of carbonyl (C=O) groups excluding carboxylic acids is 2. The normalized spacial score (nSPS) is 32.9. The molecule has 0 spiro atoms. The number of fused-ring (bicyclic) bond motifs is 1. The van der Waals surface area contributed by atoms with Crippen molar-refractivity contribution in [3.63, 3.8) is 0 Å². The number of ether oxygens (including phenoxy) is 1. The fourth-order valence-corrected chi connectivity index (χ4v) is 2.31. The molecule has 15 heavy (non-hydrogen) atoms. The van der Waals surface area contributed by atoms with Crippen LogP contribution in [0.15, 0.2) is 11.6 Å². The van der Waals surface area contributed by atoms with E-state index >= 15 is 0 Å². The molecular weight excluding hydrogens is 196 g/mol. The lowest BCUT2D eigenvalue weighted by atomic mass is 9.96. The molecule has 0 bridgehead atoms. The number of nitrogens with zero attached hydrogens (tertiary/aromatic N) is 1. The Morgan fingerprint density at radius 1 is 1.60 bits per heavy atom. The van der Waals surface area contributed by atoms with Crippen LogP contribution in [0.4, 0.5) is 0 Å². The maximum Gasteiger partial charge on any atom is 0.333 e. The van der Waals surface area contributed by atoms with Crippen molar-refractivity contribution in [3.8, 4) is 0 Å². The maximum absolute atomic E-state index is 11.3. The molecule has 1 amide bonds. The molecule has 1 aliphatic carbocycles. The van der Waals surface area contributed by atoms with Gasteiger partial charge in [-0.05, 0) is 0 Å². The van der Waals surface area contributed by atoms with Gasteiger partial charge in [0.2, 0.25) is 5.91 Å². The quantitative estimate of drug-likeness (QED) is 0.464. The van der Waals surface area contributed by atoms with Gasteiger partial charge < -0.3 is 15.4 Å². The number of carbonyl (C=O) groups is 2. The Morgan fingerprint density at radius 2 is 2.27 bits per heavy atom. The fourth-order valence-electron chi connectivity index (χ4n) is 2.31. The summed E-state index contributed by atoms with van der Waals surface area (Å²) in [6, 6.07) is -0.0748. The molecule has 1 heterocycles. The average Bonchev–Trinajstić information content (AvgIpc) is 2.91. The molecular formula is C10H14N2O3. The van der Waals surface area contributed by atoms with Crippen LogP contribution in [0.3, 0.4) is 0 Å². The molecule has 1 fully saturated rings. The lowest BCUT2D eigenvalue weighted by Crippen LogP contribution is -2.31. The van der Waals surface area contributed by atoms with Crippen LogP contribution in [-0.4, -0.2) is 42.0 Å². The van der Waals surface area contributed by atoms with Crippen LogP contribution in [0.25, 0.3) is 0 Å². The van der Waals surface area contributed by atoms with Crippen molar-refractivity contribution in [3.05, 3.63) is 11.6 Å².